The number of halogens is 1. The summed E-state index contributed by atoms with van der Waals surface area (Å²) >= 11 is 0. The molecule has 0 N–H and O–H groups in total. The first-order valence-electron chi connectivity index (χ1n) is 8.68. The quantitative estimate of drug-likeness (QED) is 0.862. The maximum Gasteiger partial charge on any atom is 0.262 e. The highest BCUT2D eigenvalue weighted by Crippen LogP contribution is 2.30. The molecule has 0 radical (unpaired) electrons. The molecular weight excluding hydrogens is 317 g/mol. The molecule has 2 aromatic rings. The van der Waals surface area contributed by atoms with Crippen LogP contribution in [0.15, 0.2) is 53.6 Å². The van der Waals surface area contributed by atoms with Gasteiger partial charge in [-0.3, -0.25) is 4.79 Å². The minimum atomic E-state index is -0.250. The van der Waals surface area contributed by atoms with Crippen molar-refractivity contribution in [3.63, 3.8) is 0 Å². The van der Waals surface area contributed by atoms with E-state index in [1.54, 1.807) is 6.07 Å². The standard InChI is InChI=1S/C20H20FN3O/c21-17-10-4-8-16-9-5-12-23(20(16)17)14-19(25)24-13-11-18(22-24)15-6-2-1-3-7-15/h1-4,6-8,10H,5,9,11-14H2. The summed E-state index contributed by atoms with van der Waals surface area (Å²) in [6, 6.07) is 15.0. The second kappa shape index (κ2) is 6.67. The molecular formula is C20H20FN3O. The summed E-state index contributed by atoms with van der Waals surface area (Å²) in [6.45, 7) is 1.45. The van der Waals surface area contributed by atoms with Crippen LogP contribution in [0.5, 0.6) is 0 Å². The van der Waals surface area contributed by atoms with Gasteiger partial charge in [0.15, 0.2) is 0 Å². The number of aryl methyl sites for hydroxylation is 1. The SMILES string of the molecule is O=C(CN1CCCc2cccc(F)c21)N1CCC(c2ccccc2)=N1. The fourth-order valence-electron chi connectivity index (χ4n) is 3.56. The lowest BCUT2D eigenvalue weighted by Crippen LogP contribution is -2.40. The molecule has 0 spiro atoms. The van der Waals surface area contributed by atoms with Crippen LogP contribution >= 0.6 is 0 Å². The molecule has 2 aliphatic rings. The predicted octanol–water partition coefficient (Wildman–Crippen LogP) is 3.21. The van der Waals surface area contributed by atoms with E-state index in [-0.39, 0.29) is 18.3 Å². The van der Waals surface area contributed by atoms with Gasteiger partial charge < -0.3 is 4.90 Å². The summed E-state index contributed by atoms with van der Waals surface area (Å²) in [4.78, 5) is 14.5. The lowest BCUT2D eigenvalue weighted by molar-refractivity contribution is -0.129. The average molecular weight is 337 g/mol. The second-order valence-electron chi connectivity index (χ2n) is 6.45. The van der Waals surface area contributed by atoms with Crippen molar-refractivity contribution < 1.29 is 9.18 Å². The van der Waals surface area contributed by atoms with E-state index in [4.69, 9.17) is 0 Å². The Bertz CT molecular complexity index is 819. The van der Waals surface area contributed by atoms with E-state index in [1.807, 2.05) is 41.3 Å². The maximum absolute atomic E-state index is 14.2. The van der Waals surface area contributed by atoms with Gasteiger partial charge in [0.1, 0.15) is 5.82 Å². The molecule has 25 heavy (non-hydrogen) atoms. The van der Waals surface area contributed by atoms with Crippen LogP contribution in [0.1, 0.15) is 24.0 Å². The Morgan fingerprint density at radius 1 is 1.04 bits per heavy atom. The Morgan fingerprint density at radius 2 is 1.88 bits per heavy atom. The number of para-hydroxylation sites is 1. The van der Waals surface area contributed by atoms with Crippen molar-refractivity contribution in [2.75, 3.05) is 24.5 Å². The average Bonchev–Trinajstić information content (AvgIpc) is 3.13. The van der Waals surface area contributed by atoms with Crippen LogP contribution < -0.4 is 4.90 Å². The van der Waals surface area contributed by atoms with E-state index >= 15 is 0 Å². The van der Waals surface area contributed by atoms with E-state index in [9.17, 15) is 9.18 Å². The zero-order valence-corrected chi connectivity index (χ0v) is 14.0. The van der Waals surface area contributed by atoms with E-state index in [2.05, 4.69) is 5.10 Å². The van der Waals surface area contributed by atoms with E-state index in [1.165, 1.54) is 11.1 Å². The van der Waals surface area contributed by atoms with Crippen molar-refractivity contribution in [1.29, 1.82) is 0 Å². The number of carbonyl (C=O) groups excluding carboxylic acids is 1. The van der Waals surface area contributed by atoms with E-state index in [0.29, 0.717) is 18.8 Å². The number of hydrogen-bond acceptors (Lipinski definition) is 3. The fourth-order valence-corrected chi connectivity index (χ4v) is 3.56. The molecule has 0 saturated carbocycles. The minimum Gasteiger partial charge on any atom is -0.360 e. The first-order chi connectivity index (χ1) is 12.2. The monoisotopic (exact) mass is 337 g/mol. The lowest BCUT2D eigenvalue weighted by atomic mass is 10.0. The van der Waals surface area contributed by atoms with Crippen LogP contribution in [-0.2, 0) is 11.2 Å². The molecule has 4 nitrogen and oxygen atoms in total. The van der Waals surface area contributed by atoms with E-state index < -0.39 is 0 Å². The van der Waals surface area contributed by atoms with E-state index in [0.717, 1.165) is 36.1 Å². The third-order valence-corrected chi connectivity index (χ3v) is 4.78. The molecule has 0 aromatic heterocycles. The molecule has 2 aromatic carbocycles. The highest BCUT2D eigenvalue weighted by molar-refractivity contribution is 6.02. The van der Waals surface area contributed by atoms with Crippen LogP contribution in [0, 0.1) is 5.82 Å². The number of amides is 1. The fraction of sp³-hybridized carbons (Fsp3) is 0.300. The summed E-state index contributed by atoms with van der Waals surface area (Å²) in [5.74, 6) is -0.332. The summed E-state index contributed by atoms with van der Waals surface area (Å²) in [5, 5.41) is 6.01. The van der Waals surface area contributed by atoms with Crippen molar-refractivity contribution in [2.45, 2.75) is 19.3 Å². The molecule has 128 valence electrons. The predicted molar refractivity (Wildman–Crippen MR) is 96.2 cm³/mol. The number of hydrazone groups is 1. The topological polar surface area (TPSA) is 35.9 Å². The number of nitrogens with zero attached hydrogens (tertiary/aromatic N) is 3. The Labute approximate surface area is 146 Å². The van der Waals surface area contributed by atoms with Crippen molar-refractivity contribution in [2.24, 2.45) is 5.10 Å². The number of benzene rings is 2. The first-order valence-corrected chi connectivity index (χ1v) is 8.68. The van der Waals surface area contributed by atoms with Crippen molar-refractivity contribution in [3.05, 3.63) is 65.5 Å². The molecule has 0 saturated heterocycles. The second-order valence-corrected chi connectivity index (χ2v) is 6.45. The van der Waals surface area contributed by atoms with Gasteiger partial charge in [-0.15, -0.1) is 0 Å². The number of fused-ring (bicyclic) bond motifs is 1. The molecule has 2 aliphatic heterocycles. The van der Waals surface area contributed by atoms with Crippen LogP contribution in [-0.4, -0.2) is 36.3 Å². The van der Waals surface area contributed by atoms with Crippen LogP contribution in [0.25, 0.3) is 0 Å². The highest BCUT2D eigenvalue weighted by Gasteiger charge is 2.27. The molecule has 0 atom stereocenters. The number of hydrogen-bond donors (Lipinski definition) is 0. The first kappa shape index (κ1) is 15.8. The molecule has 0 bridgehead atoms. The summed E-state index contributed by atoms with van der Waals surface area (Å²) < 4.78 is 14.2. The van der Waals surface area contributed by atoms with Gasteiger partial charge in [0, 0.05) is 13.0 Å². The number of rotatable bonds is 3. The van der Waals surface area contributed by atoms with Crippen molar-refractivity contribution in [3.8, 4) is 0 Å². The van der Waals surface area contributed by atoms with Gasteiger partial charge in [-0.2, -0.15) is 5.10 Å². The van der Waals surface area contributed by atoms with Gasteiger partial charge in [0.25, 0.3) is 5.91 Å². The summed E-state index contributed by atoms with van der Waals surface area (Å²) in [5.41, 5.74) is 3.54. The lowest BCUT2D eigenvalue weighted by Gasteiger charge is -2.31. The largest absolute Gasteiger partial charge is 0.360 e. The third kappa shape index (κ3) is 3.14. The van der Waals surface area contributed by atoms with Crippen LogP contribution in [0.3, 0.4) is 0 Å². The third-order valence-electron chi connectivity index (χ3n) is 4.78. The summed E-state index contributed by atoms with van der Waals surface area (Å²) in [7, 11) is 0. The van der Waals surface area contributed by atoms with Gasteiger partial charge in [0.05, 0.1) is 24.5 Å². The van der Waals surface area contributed by atoms with Crippen LogP contribution in [0.4, 0.5) is 10.1 Å². The van der Waals surface area contributed by atoms with Crippen LogP contribution in [0.2, 0.25) is 0 Å². The number of anilines is 1. The minimum absolute atomic E-state index is 0.0814. The molecule has 5 heteroatoms. The molecule has 2 heterocycles. The zero-order chi connectivity index (χ0) is 17.2. The molecule has 0 fully saturated rings. The smallest absolute Gasteiger partial charge is 0.262 e. The zero-order valence-electron chi connectivity index (χ0n) is 14.0. The Morgan fingerprint density at radius 3 is 2.72 bits per heavy atom. The van der Waals surface area contributed by atoms with Crippen molar-refractivity contribution in [1.82, 2.24) is 5.01 Å². The Hall–Kier alpha value is -2.69. The summed E-state index contributed by atoms with van der Waals surface area (Å²) in [6.07, 6.45) is 2.54. The maximum atomic E-state index is 14.2. The molecule has 4 rings (SSSR count). The van der Waals surface area contributed by atoms with Gasteiger partial charge >= 0.3 is 0 Å². The van der Waals surface area contributed by atoms with Gasteiger partial charge in [0.2, 0.25) is 0 Å². The van der Waals surface area contributed by atoms with Gasteiger partial charge in [-0.1, -0.05) is 42.5 Å². The highest BCUT2D eigenvalue weighted by atomic mass is 19.1. The molecule has 0 unspecified atom stereocenters. The molecule has 0 aliphatic carbocycles. The van der Waals surface area contributed by atoms with Gasteiger partial charge in [-0.25, -0.2) is 9.40 Å². The Balaban J connectivity index is 1.50. The number of carbonyl (C=O) groups is 1. The Kier molecular flexibility index (Phi) is 4.22. The normalized spacial score (nSPS) is 16.6. The molecule has 1 amide bonds. The van der Waals surface area contributed by atoms with Gasteiger partial charge in [-0.05, 0) is 30.0 Å². The van der Waals surface area contributed by atoms with Crippen molar-refractivity contribution >= 4 is 17.3 Å².